The molecule has 76 valence electrons. The fourth-order valence-corrected chi connectivity index (χ4v) is 1.04. The summed E-state index contributed by atoms with van der Waals surface area (Å²) in [6.07, 6.45) is 0.0338. The van der Waals surface area contributed by atoms with Crippen molar-refractivity contribution in [1.82, 2.24) is 5.54 Å². The maximum Gasteiger partial charge on any atom is 0.323 e. The van der Waals surface area contributed by atoms with Gasteiger partial charge in [-0.3, -0.25) is 4.79 Å². The average molecular weight is 198 g/mol. The van der Waals surface area contributed by atoms with Crippen LogP contribution in [0.25, 0.3) is 0 Å². The van der Waals surface area contributed by atoms with Gasteiger partial charge in [-0.05, 0) is 17.7 Å². The summed E-state index contributed by atoms with van der Waals surface area (Å²) in [6.45, 7) is 0. The van der Waals surface area contributed by atoms with Crippen LogP contribution in [-0.2, 0) is 11.2 Å². The van der Waals surface area contributed by atoms with E-state index in [4.69, 9.17) is 10.2 Å². The van der Waals surface area contributed by atoms with Gasteiger partial charge in [0.2, 0.25) is 0 Å². The number of rotatable bonds is 4. The quantitative estimate of drug-likeness (QED) is 0.627. The molecule has 0 aliphatic carbocycles. The fraction of sp³-hybridized carbons (Fsp3) is 0.222. The molecule has 3 N–H and O–H groups in total. The number of aromatic hydroxyl groups is 1. The SMILES string of the molecule is O=C(O)[C@H](Cc1ccc(O)cc1)N[18F]. The molecule has 0 saturated heterocycles. The molecule has 4 nitrogen and oxygen atoms in total. The van der Waals surface area contributed by atoms with Gasteiger partial charge in [-0.15, -0.1) is 10.0 Å². The van der Waals surface area contributed by atoms with Crippen LogP contribution in [0.15, 0.2) is 24.3 Å². The molecule has 0 saturated carbocycles. The molecule has 14 heavy (non-hydrogen) atoms. The van der Waals surface area contributed by atoms with Crippen molar-refractivity contribution in [1.29, 1.82) is 0 Å². The highest BCUT2D eigenvalue weighted by atomic mass is 18.2. The third-order valence-electron chi connectivity index (χ3n) is 1.81. The van der Waals surface area contributed by atoms with Gasteiger partial charge in [0.25, 0.3) is 0 Å². The summed E-state index contributed by atoms with van der Waals surface area (Å²) in [5.41, 5.74) is 1.84. The van der Waals surface area contributed by atoms with Crippen LogP contribution < -0.4 is 5.54 Å². The number of hydrogen-bond donors (Lipinski definition) is 3. The number of nitrogens with one attached hydrogen (secondary N) is 1. The molecule has 0 aromatic heterocycles. The number of carboxylic acid groups (broad SMARTS) is 1. The van der Waals surface area contributed by atoms with Crippen molar-refractivity contribution >= 4 is 5.97 Å². The highest BCUT2D eigenvalue weighted by molar-refractivity contribution is 5.73. The lowest BCUT2D eigenvalue weighted by molar-refractivity contribution is -0.140. The van der Waals surface area contributed by atoms with E-state index in [9.17, 15) is 9.28 Å². The lowest BCUT2D eigenvalue weighted by Gasteiger charge is -2.08. The molecule has 0 bridgehead atoms. The summed E-state index contributed by atoms with van der Waals surface area (Å²) in [7, 11) is 0. The summed E-state index contributed by atoms with van der Waals surface area (Å²) < 4.78 is 12.0. The third-order valence-corrected chi connectivity index (χ3v) is 1.81. The van der Waals surface area contributed by atoms with Crippen molar-refractivity contribution in [3.05, 3.63) is 29.8 Å². The van der Waals surface area contributed by atoms with E-state index in [0.29, 0.717) is 5.56 Å². The molecule has 5 heteroatoms. The zero-order chi connectivity index (χ0) is 10.6. The molecule has 0 fully saturated rings. The normalized spacial score (nSPS) is 12.4. The number of carbonyl (C=O) groups is 1. The first-order valence-corrected chi connectivity index (χ1v) is 4.00. The van der Waals surface area contributed by atoms with Crippen LogP contribution in [0.3, 0.4) is 0 Å². The van der Waals surface area contributed by atoms with Crippen LogP contribution in [-0.4, -0.2) is 22.2 Å². The first-order chi connectivity index (χ1) is 6.63. The third kappa shape index (κ3) is 2.70. The number of hydrogen-bond acceptors (Lipinski definition) is 3. The molecule has 1 atom stereocenters. The molecule has 0 radical (unpaired) electrons. The van der Waals surface area contributed by atoms with Gasteiger partial charge in [0.05, 0.1) is 0 Å². The average Bonchev–Trinajstić information content (AvgIpc) is 2.16. The lowest BCUT2D eigenvalue weighted by atomic mass is 10.1. The standard InChI is InChI=1S/C9H10FNO3/c10-11-8(9(13)14)5-6-1-3-7(12)4-2-6/h1-4,8,11-12H,5H2,(H,13,14)/t8-/m0/s1/i10-1. The number of halogens is 1. The maximum atomic E-state index is 12.0. The second-order valence-electron chi connectivity index (χ2n) is 2.87. The number of aliphatic carboxylic acids is 1. The van der Waals surface area contributed by atoms with Crippen LogP contribution >= 0.6 is 0 Å². The van der Waals surface area contributed by atoms with Crippen LogP contribution in [0.2, 0.25) is 0 Å². The highest BCUT2D eigenvalue weighted by Gasteiger charge is 2.16. The Bertz CT molecular complexity index is 312. The Morgan fingerprint density at radius 1 is 1.43 bits per heavy atom. The number of benzene rings is 1. The van der Waals surface area contributed by atoms with E-state index in [-0.39, 0.29) is 12.2 Å². The molecule has 1 aromatic rings. The van der Waals surface area contributed by atoms with Crippen LogP contribution in [0.5, 0.6) is 5.75 Å². The van der Waals surface area contributed by atoms with E-state index in [0.717, 1.165) is 0 Å². The molecule has 1 rings (SSSR count). The summed E-state index contributed by atoms with van der Waals surface area (Å²) >= 11 is 0. The van der Waals surface area contributed by atoms with Gasteiger partial charge in [0.15, 0.2) is 0 Å². The first-order valence-electron chi connectivity index (χ1n) is 4.00. The minimum absolute atomic E-state index is 0.0338. The first kappa shape index (κ1) is 10.5. The van der Waals surface area contributed by atoms with Crippen molar-refractivity contribution in [2.24, 2.45) is 0 Å². The van der Waals surface area contributed by atoms with E-state index in [1.54, 1.807) is 12.1 Å². The topological polar surface area (TPSA) is 69.6 Å². The van der Waals surface area contributed by atoms with E-state index in [1.165, 1.54) is 17.7 Å². The van der Waals surface area contributed by atoms with Crippen LogP contribution in [0.1, 0.15) is 5.56 Å². The summed E-state index contributed by atoms with van der Waals surface area (Å²) in [4.78, 5) is 10.4. The van der Waals surface area contributed by atoms with Gasteiger partial charge in [0, 0.05) is 6.42 Å². The van der Waals surface area contributed by atoms with Crippen molar-refractivity contribution in [3.63, 3.8) is 0 Å². The second-order valence-corrected chi connectivity index (χ2v) is 2.87. The van der Waals surface area contributed by atoms with E-state index < -0.39 is 12.0 Å². The summed E-state index contributed by atoms with van der Waals surface area (Å²) in [5, 5.41) is 17.5. The van der Waals surface area contributed by atoms with Crippen molar-refractivity contribution in [3.8, 4) is 5.75 Å². The Kier molecular flexibility index (Phi) is 3.41. The highest BCUT2D eigenvalue weighted by Crippen LogP contribution is 2.11. The maximum absolute atomic E-state index is 12.0. The van der Waals surface area contributed by atoms with Gasteiger partial charge in [-0.25, -0.2) is 0 Å². The van der Waals surface area contributed by atoms with E-state index >= 15 is 0 Å². The molecule has 0 heterocycles. The second kappa shape index (κ2) is 4.57. The number of phenols is 1. The zero-order valence-corrected chi connectivity index (χ0v) is 7.27. The molecule has 0 aliphatic heterocycles. The Labute approximate surface area is 79.9 Å². The van der Waals surface area contributed by atoms with Gasteiger partial charge in [0.1, 0.15) is 11.8 Å². The Morgan fingerprint density at radius 3 is 2.43 bits per heavy atom. The summed E-state index contributed by atoms with van der Waals surface area (Å²) in [5.74, 6) is -1.16. The van der Waals surface area contributed by atoms with Crippen LogP contribution in [0, 0.1) is 0 Å². The molecule has 0 amide bonds. The van der Waals surface area contributed by atoms with Crippen molar-refractivity contribution in [2.45, 2.75) is 12.5 Å². The molecule has 0 spiro atoms. The van der Waals surface area contributed by atoms with Crippen LogP contribution in [0.4, 0.5) is 4.48 Å². The lowest BCUT2D eigenvalue weighted by Crippen LogP contribution is -2.33. The number of carboxylic acids is 1. The Balaban J connectivity index is 2.67. The zero-order valence-electron chi connectivity index (χ0n) is 7.27. The minimum Gasteiger partial charge on any atom is -0.508 e. The number of phenolic OH excluding ortho intramolecular Hbond substituents is 1. The monoisotopic (exact) mass is 198 g/mol. The Hall–Kier alpha value is -1.62. The molecular formula is C9H10FNO3. The van der Waals surface area contributed by atoms with E-state index in [2.05, 4.69) is 0 Å². The molecular weight excluding hydrogens is 188 g/mol. The predicted octanol–water partition coefficient (Wildman–Crippen LogP) is 0.862. The van der Waals surface area contributed by atoms with E-state index in [1.807, 2.05) is 0 Å². The predicted molar refractivity (Wildman–Crippen MR) is 47.5 cm³/mol. The van der Waals surface area contributed by atoms with Gasteiger partial charge >= 0.3 is 5.97 Å². The largest absolute Gasteiger partial charge is 0.508 e. The van der Waals surface area contributed by atoms with Gasteiger partial charge < -0.3 is 10.2 Å². The smallest absolute Gasteiger partial charge is 0.323 e. The minimum atomic E-state index is -1.25. The Morgan fingerprint density at radius 2 is 2.00 bits per heavy atom. The molecule has 1 aromatic carbocycles. The summed E-state index contributed by atoms with van der Waals surface area (Å²) in [6, 6.07) is 4.68. The van der Waals surface area contributed by atoms with Crippen molar-refractivity contribution < 1.29 is 19.5 Å². The van der Waals surface area contributed by atoms with Gasteiger partial charge in [-0.2, -0.15) is 0 Å². The molecule has 0 unspecified atom stereocenters. The van der Waals surface area contributed by atoms with Gasteiger partial charge in [-0.1, -0.05) is 12.1 Å². The fourth-order valence-electron chi connectivity index (χ4n) is 1.04. The molecule has 0 aliphatic rings. The van der Waals surface area contributed by atoms with Crippen molar-refractivity contribution in [2.75, 3.05) is 0 Å².